The molecular weight excluding hydrogens is 1080 g/mol. The van der Waals surface area contributed by atoms with E-state index in [2.05, 4.69) is 28.2 Å². The highest BCUT2D eigenvalue weighted by molar-refractivity contribution is 6.36. The quantitative estimate of drug-likeness (QED) is 0.0843. The second-order valence-electron chi connectivity index (χ2n) is 13.9. The lowest BCUT2D eigenvalue weighted by Crippen LogP contribution is -2.65. The van der Waals surface area contributed by atoms with Crippen LogP contribution in [-0.2, 0) is 28.2 Å². The van der Waals surface area contributed by atoms with E-state index in [1.165, 1.54) is 0 Å². The minimum atomic E-state index is -6.39. The number of hydrogen-bond donors (Lipinski definition) is 0. The molecule has 0 radical (unpaired) electrons. The molecular formula is C27H24BF27N6O9. The van der Waals surface area contributed by atoms with Gasteiger partial charge in [0.2, 0.25) is 0 Å². The molecule has 0 aliphatic carbocycles. The van der Waals surface area contributed by atoms with Crippen molar-refractivity contribution in [3.05, 3.63) is 0 Å². The van der Waals surface area contributed by atoms with Crippen LogP contribution in [0, 0.1) is 0 Å². The number of nitrogens with zero attached hydrogens (tertiary/aromatic N) is 6. The number of alkyl halides is 27. The van der Waals surface area contributed by atoms with E-state index in [1.807, 2.05) is 0 Å². The molecule has 3 unspecified atom stereocenters. The molecule has 3 aliphatic heterocycles. The maximum atomic E-state index is 15.4. The van der Waals surface area contributed by atoms with Crippen molar-refractivity contribution in [2.24, 2.45) is 0 Å². The van der Waals surface area contributed by atoms with Crippen molar-refractivity contribution in [2.45, 2.75) is 93.0 Å². The lowest BCUT2D eigenvalue weighted by Gasteiger charge is -2.43. The Labute approximate surface area is 368 Å². The highest BCUT2D eigenvalue weighted by Gasteiger charge is 2.64. The van der Waals surface area contributed by atoms with Gasteiger partial charge in [0.15, 0.2) is 18.9 Å². The van der Waals surface area contributed by atoms with Crippen molar-refractivity contribution in [3.63, 3.8) is 0 Å². The zero-order valence-corrected chi connectivity index (χ0v) is 33.0. The molecule has 15 nitrogen and oxygen atoms in total. The van der Waals surface area contributed by atoms with Crippen LogP contribution in [0.2, 0.25) is 0 Å². The summed E-state index contributed by atoms with van der Waals surface area (Å²) in [6, 6.07) is 0. The monoisotopic (exact) mass is 1100 g/mol. The van der Waals surface area contributed by atoms with Gasteiger partial charge in [-0.15, -0.1) is 0 Å². The van der Waals surface area contributed by atoms with Crippen LogP contribution in [0.1, 0.15) is 0 Å². The highest BCUT2D eigenvalue weighted by atomic mass is 19.4. The molecule has 0 spiro atoms. The third kappa shape index (κ3) is 15.4. The Bertz CT molecular complexity index is 1560. The number of halogens is 27. The van der Waals surface area contributed by atoms with Gasteiger partial charge in [0, 0.05) is 39.3 Å². The molecule has 408 valence electrons. The van der Waals surface area contributed by atoms with Crippen molar-refractivity contribution in [2.75, 3.05) is 58.9 Å². The zero-order chi connectivity index (χ0) is 54.3. The molecule has 0 aromatic heterocycles. The van der Waals surface area contributed by atoms with Crippen LogP contribution in [0.5, 0.6) is 0 Å². The van der Waals surface area contributed by atoms with Crippen LogP contribution in [0.4, 0.5) is 133 Å². The van der Waals surface area contributed by atoms with Crippen LogP contribution < -0.4 is 0 Å². The molecule has 0 aromatic carbocycles. The maximum Gasteiger partial charge on any atom is 0.655 e. The number of carbonyl (C=O) groups is 3. The Hall–Kier alpha value is -4.26. The van der Waals surface area contributed by atoms with E-state index in [1.54, 1.807) is 0 Å². The summed E-state index contributed by atoms with van der Waals surface area (Å²) in [4.78, 5) is 31.2. The fourth-order valence-corrected chi connectivity index (χ4v) is 5.70. The summed E-state index contributed by atoms with van der Waals surface area (Å²) in [5, 5.41) is 0. The number of carbonyl (C=O) groups excluding carboxylic acids is 3. The third-order valence-corrected chi connectivity index (χ3v) is 8.89. The SMILES string of the molecule is O=C(OC(C(F)(F)F)C(F)(F)F)N1CCN(C(F)(F)OB(OC(F)(F)N2CCN(C(=O)OC(C(F)(F)F)C(F)(F)F)CC2F)OC(F)(F)N2CCN(C(=O)OC(C(F)(F)F)C(F)(F)F)CC2F)C(F)C1. The molecule has 0 aromatic rings. The van der Waals surface area contributed by atoms with Crippen LogP contribution in [0.3, 0.4) is 0 Å². The van der Waals surface area contributed by atoms with Crippen molar-refractivity contribution in [3.8, 4) is 0 Å². The van der Waals surface area contributed by atoms with Crippen LogP contribution in [0.15, 0.2) is 0 Å². The summed E-state index contributed by atoms with van der Waals surface area (Å²) in [6.45, 7) is -16.9. The van der Waals surface area contributed by atoms with Gasteiger partial charge in [-0.1, -0.05) is 0 Å². The number of ether oxygens (including phenoxy) is 3. The predicted octanol–water partition coefficient (Wildman–Crippen LogP) is 7.30. The Balaban J connectivity index is 1.89. The molecule has 3 amide bonds. The average Bonchev–Trinajstić information content (AvgIpc) is 3.13. The molecule has 0 N–H and O–H groups in total. The minimum Gasteiger partial charge on any atom is -0.426 e. The van der Waals surface area contributed by atoms with Crippen molar-refractivity contribution in [1.29, 1.82) is 0 Å². The van der Waals surface area contributed by atoms with Gasteiger partial charge in [0.05, 0.1) is 19.6 Å². The molecule has 3 fully saturated rings. The Morgan fingerprint density at radius 3 is 0.700 bits per heavy atom. The Morgan fingerprint density at radius 2 is 0.543 bits per heavy atom. The topological polar surface area (TPSA) is 126 Å². The Kier molecular flexibility index (Phi) is 17.8. The second kappa shape index (κ2) is 20.7. The summed E-state index contributed by atoms with van der Waals surface area (Å²) in [6.07, 6.45) is -89.8. The first-order valence-corrected chi connectivity index (χ1v) is 17.9. The first-order valence-electron chi connectivity index (χ1n) is 17.9. The van der Waals surface area contributed by atoms with E-state index in [-0.39, 0.29) is 0 Å². The summed E-state index contributed by atoms with van der Waals surface area (Å²) in [5.41, 5.74) is 0. The van der Waals surface area contributed by atoms with E-state index >= 15 is 39.5 Å². The second-order valence-corrected chi connectivity index (χ2v) is 13.9. The average molecular weight is 1100 g/mol. The smallest absolute Gasteiger partial charge is 0.426 e. The van der Waals surface area contributed by atoms with Crippen molar-refractivity contribution >= 4 is 25.6 Å². The number of hydrogen-bond acceptors (Lipinski definition) is 12. The Morgan fingerprint density at radius 1 is 0.357 bits per heavy atom. The maximum absolute atomic E-state index is 15.4. The normalized spacial score (nSPS) is 22.0. The molecule has 3 saturated heterocycles. The van der Waals surface area contributed by atoms with E-state index in [4.69, 9.17) is 0 Å². The van der Waals surface area contributed by atoms with E-state index in [0.717, 1.165) is 0 Å². The molecule has 70 heavy (non-hydrogen) atoms. The van der Waals surface area contributed by atoms with Crippen LogP contribution >= 0.6 is 0 Å². The summed E-state index contributed by atoms with van der Waals surface area (Å²) in [5.74, 6) is 0. The molecule has 0 bridgehead atoms. The third-order valence-electron chi connectivity index (χ3n) is 8.89. The van der Waals surface area contributed by atoms with Gasteiger partial charge >= 0.3 is 81.4 Å². The fourth-order valence-electron chi connectivity index (χ4n) is 5.70. The van der Waals surface area contributed by atoms with E-state index < -0.39 is 207 Å². The van der Waals surface area contributed by atoms with Crippen molar-refractivity contribution in [1.82, 2.24) is 29.4 Å². The van der Waals surface area contributed by atoms with Gasteiger partial charge in [-0.3, -0.25) is 0 Å². The lowest BCUT2D eigenvalue weighted by molar-refractivity contribution is -0.378. The van der Waals surface area contributed by atoms with Crippen LogP contribution in [0.25, 0.3) is 0 Å². The van der Waals surface area contributed by atoms with Gasteiger partial charge in [-0.2, -0.15) is 120 Å². The molecule has 3 aliphatic rings. The van der Waals surface area contributed by atoms with Crippen molar-refractivity contribution < 1.29 is 161 Å². The standard InChI is InChI=1S/C27H24BF27N6O9/c29-10-7-56(16(62)65-13(19(32,33)34)20(35,36)37)1-4-59(10)25(50,51)68-28(69-26(52,53)60-5-2-57(8-11(60)30)17(63)66-14(21(38,39)40)22(41,42)43)70-27(54,55)61-6-3-58(9-12(61)31)18(64)67-15(23(44,45)46)24(47,48)49/h10-15H,1-9H2. The fraction of sp³-hybridized carbons (Fsp3) is 0.889. The zero-order valence-electron chi connectivity index (χ0n) is 33.0. The molecule has 43 heteroatoms. The number of piperazine rings is 3. The highest BCUT2D eigenvalue weighted by Crippen LogP contribution is 2.41. The van der Waals surface area contributed by atoms with Gasteiger partial charge in [0.25, 0.3) is 18.3 Å². The number of amides is 3. The van der Waals surface area contributed by atoms with Gasteiger partial charge in [-0.25, -0.2) is 27.6 Å². The number of rotatable bonds is 12. The first-order chi connectivity index (χ1) is 31.2. The van der Waals surface area contributed by atoms with E-state index in [9.17, 15) is 93.4 Å². The largest absolute Gasteiger partial charge is 0.655 e. The lowest BCUT2D eigenvalue weighted by atomic mass is 10.2. The van der Waals surface area contributed by atoms with Crippen LogP contribution in [-0.4, -0.2) is 207 Å². The molecule has 3 heterocycles. The molecule has 3 atom stereocenters. The summed E-state index contributed by atoms with van der Waals surface area (Å²) >= 11 is 0. The predicted molar refractivity (Wildman–Crippen MR) is 161 cm³/mol. The van der Waals surface area contributed by atoms with Gasteiger partial charge in [-0.05, 0) is 0 Å². The molecule has 0 saturated carbocycles. The van der Waals surface area contributed by atoms with Gasteiger partial charge < -0.3 is 42.9 Å². The van der Waals surface area contributed by atoms with Gasteiger partial charge in [0.1, 0.15) is 0 Å². The first kappa shape index (κ1) is 60.1. The molecule has 3 rings (SSSR count). The summed E-state index contributed by atoms with van der Waals surface area (Å²) < 4.78 is 389. The van der Waals surface area contributed by atoms with E-state index in [0.29, 0.717) is 0 Å². The minimum absolute atomic E-state index is 0.444. The summed E-state index contributed by atoms with van der Waals surface area (Å²) in [7, 11) is -4.67.